The van der Waals surface area contributed by atoms with Gasteiger partial charge in [-0.1, -0.05) is 0 Å². The zero-order chi connectivity index (χ0) is 14.0. The summed E-state index contributed by atoms with van der Waals surface area (Å²) in [6.45, 7) is 0.780. The first-order valence-electron chi connectivity index (χ1n) is 5.92. The first kappa shape index (κ1) is 13.7. The molecule has 0 aliphatic carbocycles. The largest absolute Gasteiger partial charge is 0.497 e. The van der Waals surface area contributed by atoms with Crippen molar-refractivity contribution in [2.75, 3.05) is 27.3 Å². The number of hydrogen-bond acceptors (Lipinski definition) is 3. The minimum Gasteiger partial charge on any atom is -0.497 e. The summed E-state index contributed by atoms with van der Waals surface area (Å²) in [4.78, 5) is 13.5. The standard InChI is InChI=1S/C13H15F2NO3/c1-18-8-3-4-16(7-8)13(17)12-10(14)5-9(19-2)6-11(12)15/h5-6,8H,3-4,7H2,1-2H3/t8-/m1/s1. The van der Waals surface area contributed by atoms with Gasteiger partial charge < -0.3 is 14.4 Å². The van der Waals surface area contributed by atoms with Crippen molar-refractivity contribution >= 4 is 5.91 Å². The number of benzene rings is 1. The molecular formula is C13H15F2NO3. The molecule has 1 aliphatic heterocycles. The van der Waals surface area contributed by atoms with Crippen molar-refractivity contribution in [1.29, 1.82) is 0 Å². The maximum absolute atomic E-state index is 13.8. The van der Waals surface area contributed by atoms with Crippen LogP contribution in [0.15, 0.2) is 12.1 Å². The Morgan fingerprint density at radius 2 is 1.95 bits per heavy atom. The monoisotopic (exact) mass is 271 g/mol. The summed E-state index contributed by atoms with van der Waals surface area (Å²) in [6.07, 6.45) is 0.593. The smallest absolute Gasteiger partial charge is 0.259 e. The molecule has 1 heterocycles. The van der Waals surface area contributed by atoms with Crippen LogP contribution in [0, 0.1) is 11.6 Å². The van der Waals surface area contributed by atoms with Crippen molar-refractivity contribution < 1.29 is 23.0 Å². The van der Waals surface area contributed by atoms with E-state index >= 15 is 0 Å². The maximum atomic E-state index is 13.8. The molecule has 1 atom stereocenters. The molecule has 1 aromatic rings. The summed E-state index contributed by atoms with van der Waals surface area (Å²) in [7, 11) is 2.85. The molecule has 1 saturated heterocycles. The average molecular weight is 271 g/mol. The van der Waals surface area contributed by atoms with Crippen LogP contribution in [0.3, 0.4) is 0 Å². The van der Waals surface area contributed by atoms with Crippen LogP contribution in [-0.2, 0) is 4.74 Å². The SMILES string of the molecule is COc1cc(F)c(C(=O)N2CC[C@@H](OC)C2)c(F)c1. The van der Waals surface area contributed by atoms with Crippen molar-refractivity contribution in [1.82, 2.24) is 4.90 Å². The lowest BCUT2D eigenvalue weighted by Crippen LogP contribution is -2.31. The molecule has 1 aliphatic rings. The molecule has 6 heteroatoms. The topological polar surface area (TPSA) is 38.8 Å². The van der Waals surface area contributed by atoms with Gasteiger partial charge in [-0.3, -0.25) is 4.79 Å². The van der Waals surface area contributed by atoms with Crippen LogP contribution in [0.1, 0.15) is 16.8 Å². The molecular weight excluding hydrogens is 256 g/mol. The molecule has 0 aromatic heterocycles. The number of hydrogen-bond donors (Lipinski definition) is 0. The fourth-order valence-electron chi connectivity index (χ4n) is 2.14. The molecule has 1 fully saturated rings. The van der Waals surface area contributed by atoms with Gasteiger partial charge in [0.15, 0.2) is 0 Å². The third-order valence-corrected chi connectivity index (χ3v) is 3.23. The number of rotatable bonds is 3. The maximum Gasteiger partial charge on any atom is 0.259 e. The van der Waals surface area contributed by atoms with Gasteiger partial charge in [0, 0.05) is 32.3 Å². The van der Waals surface area contributed by atoms with Crippen LogP contribution in [-0.4, -0.2) is 44.2 Å². The minimum atomic E-state index is -0.914. The molecule has 104 valence electrons. The van der Waals surface area contributed by atoms with E-state index in [2.05, 4.69) is 0 Å². The molecule has 2 rings (SSSR count). The number of carbonyl (C=O) groups excluding carboxylic acids is 1. The molecule has 0 spiro atoms. The van der Waals surface area contributed by atoms with E-state index in [9.17, 15) is 13.6 Å². The summed E-state index contributed by atoms with van der Waals surface area (Å²) in [5.41, 5.74) is -0.544. The molecule has 4 nitrogen and oxygen atoms in total. The molecule has 1 aromatic carbocycles. The zero-order valence-corrected chi connectivity index (χ0v) is 10.8. The van der Waals surface area contributed by atoms with E-state index in [-0.39, 0.29) is 11.9 Å². The third-order valence-electron chi connectivity index (χ3n) is 3.23. The Morgan fingerprint density at radius 1 is 1.32 bits per heavy atom. The Hall–Kier alpha value is -1.69. The number of nitrogens with zero attached hydrogens (tertiary/aromatic N) is 1. The number of ether oxygens (including phenoxy) is 2. The highest BCUT2D eigenvalue weighted by Crippen LogP contribution is 2.23. The van der Waals surface area contributed by atoms with Gasteiger partial charge >= 0.3 is 0 Å². The summed E-state index contributed by atoms with van der Waals surface area (Å²) in [5.74, 6) is -2.44. The first-order valence-corrected chi connectivity index (χ1v) is 5.92. The van der Waals surface area contributed by atoms with E-state index in [0.29, 0.717) is 19.5 Å². The van der Waals surface area contributed by atoms with Crippen LogP contribution >= 0.6 is 0 Å². The Balaban J connectivity index is 2.25. The van der Waals surface area contributed by atoms with Gasteiger partial charge in [-0.05, 0) is 6.42 Å². The summed E-state index contributed by atoms with van der Waals surface area (Å²) in [6, 6.07) is 2.00. The Kier molecular flexibility index (Phi) is 3.99. The molecule has 0 bridgehead atoms. The second-order valence-corrected chi connectivity index (χ2v) is 4.36. The molecule has 1 amide bonds. The van der Waals surface area contributed by atoms with E-state index in [1.54, 1.807) is 7.11 Å². The van der Waals surface area contributed by atoms with Gasteiger partial charge in [0.25, 0.3) is 5.91 Å². The van der Waals surface area contributed by atoms with Gasteiger partial charge in [0.05, 0.1) is 13.2 Å². The predicted octanol–water partition coefficient (Wildman–Crippen LogP) is 1.83. The molecule has 19 heavy (non-hydrogen) atoms. The predicted molar refractivity (Wildman–Crippen MR) is 64.2 cm³/mol. The highest BCUT2D eigenvalue weighted by molar-refractivity contribution is 5.95. The van der Waals surface area contributed by atoms with Crippen molar-refractivity contribution in [2.24, 2.45) is 0 Å². The average Bonchev–Trinajstić information content (AvgIpc) is 2.86. The molecule has 0 radical (unpaired) electrons. The van der Waals surface area contributed by atoms with Gasteiger partial charge in [-0.25, -0.2) is 8.78 Å². The van der Waals surface area contributed by atoms with E-state index in [4.69, 9.17) is 9.47 Å². The van der Waals surface area contributed by atoms with E-state index < -0.39 is 23.1 Å². The lowest BCUT2D eigenvalue weighted by atomic mass is 10.1. The van der Waals surface area contributed by atoms with Crippen LogP contribution in [0.5, 0.6) is 5.75 Å². The van der Waals surface area contributed by atoms with Crippen molar-refractivity contribution in [2.45, 2.75) is 12.5 Å². The van der Waals surface area contributed by atoms with Crippen LogP contribution in [0.2, 0.25) is 0 Å². The number of likely N-dealkylation sites (tertiary alicyclic amines) is 1. The minimum absolute atomic E-state index is 0.0442. The van der Waals surface area contributed by atoms with Crippen LogP contribution < -0.4 is 4.74 Å². The van der Waals surface area contributed by atoms with Gasteiger partial charge in [-0.15, -0.1) is 0 Å². The van der Waals surface area contributed by atoms with E-state index in [0.717, 1.165) is 12.1 Å². The Morgan fingerprint density at radius 3 is 2.42 bits per heavy atom. The number of amides is 1. The van der Waals surface area contributed by atoms with Gasteiger partial charge in [0.2, 0.25) is 0 Å². The molecule has 0 unspecified atom stereocenters. The number of halogens is 2. The third kappa shape index (κ3) is 2.68. The molecule has 0 saturated carbocycles. The fourth-order valence-corrected chi connectivity index (χ4v) is 2.14. The Bertz CT molecular complexity index is 470. The summed E-state index contributed by atoms with van der Waals surface area (Å²) in [5, 5.41) is 0. The van der Waals surface area contributed by atoms with Gasteiger partial charge in [0.1, 0.15) is 22.9 Å². The highest BCUT2D eigenvalue weighted by atomic mass is 19.1. The highest BCUT2D eigenvalue weighted by Gasteiger charge is 2.30. The Labute approximate surface area is 109 Å². The fraction of sp³-hybridized carbons (Fsp3) is 0.462. The van der Waals surface area contributed by atoms with Crippen molar-refractivity contribution in [3.63, 3.8) is 0 Å². The zero-order valence-electron chi connectivity index (χ0n) is 10.8. The lowest BCUT2D eigenvalue weighted by Gasteiger charge is -2.17. The summed E-state index contributed by atoms with van der Waals surface area (Å²) < 4.78 is 37.4. The van der Waals surface area contributed by atoms with Crippen LogP contribution in [0.4, 0.5) is 8.78 Å². The second kappa shape index (κ2) is 5.52. The lowest BCUT2D eigenvalue weighted by molar-refractivity contribution is 0.0715. The van der Waals surface area contributed by atoms with Crippen molar-refractivity contribution in [3.05, 3.63) is 29.3 Å². The number of carbonyl (C=O) groups is 1. The number of methoxy groups -OCH3 is 2. The van der Waals surface area contributed by atoms with Crippen molar-refractivity contribution in [3.8, 4) is 5.75 Å². The second-order valence-electron chi connectivity index (χ2n) is 4.36. The van der Waals surface area contributed by atoms with Gasteiger partial charge in [-0.2, -0.15) is 0 Å². The van der Waals surface area contributed by atoms with E-state index in [1.807, 2.05) is 0 Å². The normalized spacial score (nSPS) is 18.7. The van der Waals surface area contributed by atoms with E-state index in [1.165, 1.54) is 12.0 Å². The first-order chi connectivity index (χ1) is 9.06. The molecule has 0 N–H and O–H groups in total. The van der Waals surface area contributed by atoms with Crippen LogP contribution in [0.25, 0.3) is 0 Å². The quantitative estimate of drug-likeness (QED) is 0.842. The summed E-state index contributed by atoms with van der Waals surface area (Å²) >= 11 is 0.